The lowest BCUT2D eigenvalue weighted by Crippen LogP contribution is -2.36. The molecule has 2 unspecified atom stereocenters. The van der Waals surface area contributed by atoms with Crippen molar-refractivity contribution in [3.8, 4) is 5.75 Å². The number of anilines is 3. The number of hydrogen-bond donors (Lipinski definition) is 5. The second-order valence-electron chi connectivity index (χ2n) is 10.0. The van der Waals surface area contributed by atoms with Crippen LogP contribution >= 0.6 is 23.2 Å². The minimum absolute atomic E-state index is 0.00336. The van der Waals surface area contributed by atoms with Crippen LogP contribution in [0.1, 0.15) is 50.2 Å². The standard InChI is InChI=1S/C26H35Cl2N7O3S/c1-14(2)39(36,37)24(29)22(13-30-4)33-25-20(28)12-32-26(35-25)34-21-9-15(3)18(10-23(21)38-16-5-6-16)17-7-8-31-11-19(17)27/h9-10,12-14,16-17,19,29-31H,5-8,11H2,1-4H3,(H2,32,33,34,35)/b22-13+,29-24?. The van der Waals surface area contributed by atoms with Crippen LogP contribution in [0.5, 0.6) is 5.75 Å². The van der Waals surface area contributed by atoms with E-state index in [1.165, 1.54) is 31.8 Å². The van der Waals surface area contributed by atoms with Gasteiger partial charge in [0, 0.05) is 25.7 Å². The van der Waals surface area contributed by atoms with E-state index in [2.05, 4.69) is 44.2 Å². The van der Waals surface area contributed by atoms with E-state index in [0.29, 0.717) is 11.4 Å². The Labute approximate surface area is 239 Å². The third-order valence-corrected chi connectivity index (χ3v) is 9.44. The third kappa shape index (κ3) is 6.95. The topological polar surface area (TPSA) is 141 Å². The fourth-order valence-corrected chi connectivity index (χ4v) is 5.69. The van der Waals surface area contributed by atoms with Crippen molar-refractivity contribution in [2.45, 2.75) is 62.7 Å². The van der Waals surface area contributed by atoms with Gasteiger partial charge in [0.15, 0.2) is 20.7 Å². The molecule has 2 heterocycles. The largest absolute Gasteiger partial charge is 0.488 e. The number of halogens is 2. The molecule has 10 nitrogen and oxygen atoms in total. The fraction of sp³-hybridized carbons (Fsp3) is 0.500. The van der Waals surface area contributed by atoms with E-state index in [1.54, 1.807) is 7.05 Å². The van der Waals surface area contributed by atoms with E-state index in [4.69, 9.17) is 33.3 Å². The molecule has 39 heavy (non-hydrogen) atoms. The summed E-state index contributed by atoms with van der Waals surface area (Å²) in [5, 5.41) is 19.3. The molecule has 1 aliphatic carbocycles. The first-order valence-corrected chi connectivity index (χ1v) is 15.3. The first kappa shape index (κ1) is 29.4. The monoisotopic (exact) mass is 595 g/mol. The van der Waals surface area contributed by atoms with Crippen LogP contribution in [0, 0.1) is 12.3 Å². The van der Waals surface area contributed by atoms with Crippen molar-refractivity contribution in [2.24, 2.45) is 0 Å². The molecule has 0 radical (unpaired) electrons. The molecule has 1 saturated carbocycles. The van der Waals surface area contributed by atoms with Crippen LogP contribution in [-0.2, 0) is 9.84 Å². The van der Waals surface area contributed by atoms with Crippen LogP contribution in [0.3, 0.4) is 0 Å². The fourth-order valence-electron chi connectivity index (χ4n) is 4.29. The molecule has 2 atom stereocenters. The lowest BCUT2D eigenvalue weighted by molar-refractivity contribution is 0.304. The van der Waals surface area contributed by atoms with Crippen LogP contribution in [0.4, 0.5) is 17.5 Å². The number of alkyl halides is 1. The molecule has 1 aromatic heterocycles. The first-order chi connectivity index (χ1) is 18.5. The number of nitrogens with zero attached hydrogens (tertiary/aromatic N) is 2. The molecule has 1 saturated heterocycles. The van der Waals surface area contributed by atoms with E-state index in [0.717, 1.165) is 37.9 Å². The molecule has 2 fully saturated rings. The molecule has 0 bridgehead atoms. The van der Waals surface area contributed by atoms with Crippen molar-refractivity contribution in [1.82, 2.24) is 20.6 Å². The summed E-state index contributed by atoms with van der Waals surface area (Å²) < 4.78 is 31.5. The number of nitrogens with one attached hydrogen (secondary N) is 5. The lowest BCUT2D eigenvalue weighted by Gasteiger charge is -2.30. The molecule has 1 aromatic carbocycles. The zero-order valence-electron chi connectivity index (χ0n) is 22.4. The van der Waals surface area contributed by atoms with Gasteiger partial charge in [0.05, 0.1) is 34.3 Å². The Morgan fingerprint density at radius 3 is 2.67 bits per heavy atom. The van der Waals surface area contributed by atoms with Gasteiger partial charge >= 0.3 is 0 Å². The summed E-state index contributed by atoms with van der Waals surface area (Å²) in [6.45, 7) is 6.78. The van der Waals surface area contributed by atoms with E-state index >= 15 is 0 Å². The molecule has 13 heteroatoms. The number of aryl methyl sites for hydroxylation is 1. The quantitative estimate of drug-likeness (QED) is 0.150. The van der Waals surface area contributed by atoms with Crippen LogP contribution in [0.15, 0.2) is 30.2 Å². The minimum Gasteiger partial charge on any atom is -0.488 e. The zero-order valence-corrected chi connectivity index (χ0v) is 24.8. The zero-order chi connectivity index (χ0) is 28.3. The van der Waals surface area contributed by atoms with E-state index in [-0.39, 0.29) is 39.9 Å². The molecule has 0 spiro atoms. The van der Waals surface area contributed by atoms with Gasteiger partial charge in [-0.05, 0) is 69.8 Å². The molecule has 212 valence electrons. The van der Waals surface area contributed by atoms with Gasteiger partial charge in [-0.25, -0.2) is 13.4 Å². The highest BCUT2D eigenvalue weighted by Crippen LogP contribution is 2.40. The number of sulfone groups is 1. The van der Waals surface area contributed by atoms with Crippen molar-refractivity contribution in [2.75, 3.05) is 30.8 Å². The molecule has 5 N–H and O–H groups in total. The lowest BCUT2D eigenvalue weighted by atomic mass is 9.86. The van der Waals surface area contributed by atoms with Gasteiger partial charge in [-0.1, -0.05) is 11.6 Å². The van der Waals surface area contributed by atoms with E-state index in [9.17, 15) is 8.42 Å². The highest BCUT2D eigenvalue weighted by molar-refractivity contribution is 8.07. The Morgan fingerprint density at radius 1 is 1.28 bits per heavy atom. The van der Waals surface area contributed by atoms with Crippen molar-refractivity contribution in [3.05, 3.63) is 46.4 Å². The van der Waals surface area contributed by atoms with Gasteiger partial charge in [0.2, 0.25) is 5.95 Å². The number of benzene rings is 1. The number of aromatic nitrogens is 2. The van der Waals surface area contributed by atoms with E-state index in [1.807, 2.05) is 6.07 Å². The second-order valence-corrected chi connectivity index (χ2v) is 13.5. The molecule has 4 rings (SSSR count). The predicted molar refractivity (Wildman–Crippen MR) is 158 cm³/mol. The first-order valence-electron chi connectivity index (χ1n) is 12.9. The number of hydrogen-bond acceptors (Lipinski definition) is 10. The average Bonchev–Trinajstić information content (AvgIpc) is 3.71. The number of piperidine rings is 1. The molecule has 1 aliphatic heterocycles. The van der Waals surface area contributed by atoms with Crippen LogP contribution in [0.2, 0.25) is 5.02 Å². The maximum atomic E-state index is 12.6. The highest BCUT2D eigenvalue weighted by atomic mass is 35.5. The molecular formula is C26H35Cl2N7O3S. The number of ether oxygens (including phenoxy) is 1. The maximum absolute atomic E-state index is 12.6. The molecule has 2 aliphatic rings. The van der Waals surface area contributed by atoms with Crippen molar-refractivity contribution < 1.29 is 13.2 Å². The Balaban J connectivity index is 1.63. The molecule has 2 aromatic rings. The van der Waals surface area contributed by atoms with Gasteiger partial charge in [0.1, 0.15) is 10.8 Å². The maximum Gasteiger partial charge on any atom is 0.229 e. The minimum atomic E-state index is -3.84. The van der Waals surface area contributed by atoms with Crippen LogP contribution < -0.4 is 26.0 Å². The van der Waals surface area contributed by atoms with Gasteiger partial charge in [0.25, 0.3) is 0 Å². The van der Waals surface area contributed by atoms with Gasteiger partial charge < -0.3 is 26.0 Å². The summed E-state index contributed by atoms with van der Waals surface area (Å²) in [5.41, 5.74) is 2.96. The predicted octanol–water partition coefficient (Wildman–Crippen LogP) is 4.68. The molecular weight excluding hydrogens is 561 g/mol. The molecule has 0 amide bonds. The van der Waals surface area contributed by atoms with Crippen molar-refractivity contribution in [1.29, 1.82) is 5.41 Å². The summed E-state index contributed by atoms with van der Waals surface area (Å²) >= 11 is 13.0. The van der Waals surface area contributed by atoms with Gasteiger partial charge in [-0.3, -0.25) is 5.41 Å². The Hall–Kier alpha value is -2.60. The van der Waals surface area contributed by atoms with E-state index < -0.39 is 20.1 Å². The van der Waals surface area contributed by atoms with Gasteiger partial charge in [-0.15, -0.1) is 11.6 Å². The Bertz CT molecular complexity index is 1360. The van der Waals surface area contributed by atoms with Crippen LogP contribution in [-0.4, -0.2) is 60.3 Å². The third-order valence-electron chi connectivity index (χ3n) is 6.68. The SMILES string of the molecule is CN/C=C(/Nc1nc(Nc2cc(C)c(C3CCNCC3Cl)cc2OC2CC2)ncc1Cl)C(=N)S(=O)(=O)C(C)C. The van der Waals surface area contributed by atoms with Crippen LogP contribution in [0.25, 0.3) is 0 Å². The summed E-state index contributed by atoms with van der Waals surface area (Å²) in [5.74, 6) is 1.31. The number of rotatable bonds is 10. The Morgan fingerprint density at radius 2 is 2.03 bits per heavy atom. The van der Waals surface area contributed by atoms with Crippen molar-refractivity contribution in [3.63, 3.8) is 0 Å². The van der Waals surface area contributed by atoms with Crippen molar-refractivity contribution >= 4 is 55.5 Å². The highest BCUT2D eigenvalue weighted by Gasteiger charge is 2.30. The normalized spacial score (nSPS) is 20.0. The van der Waals surface area contributed by atoms with Gasteiger partial charge in [-0.2, -0.15) is 4.98 Å². The summed E-state index contributed by atoms with van der Waals surface area (Å²) in [6.07, 6.45) is 5.92. The average molecular weight is 597 g/mol. The summed E-state index contributed by atoms with van der Waals surface area (Å²) in [6, 6.07) is 4.09. The smallest absolute Gasteiger partial charge is 0.229 e. The second kappa shape index (κ2) is 12.3. The summed E-state index contributed by atoms with van der Waals surface area (Å²) in [4.78, 5) is 8.79. The Kier molecular flexibility index (Phi) is 9.25. The summed E-state index contributed by atoms with van der Waals surface area (Å²) in [7, 11) is -2.24.